The van der Waals surface area contributed by atoms with E-state index < -0.39 is 0 Å². The first-order valence-corrected chi connectivity index (χ1v) is 5.30. The van der Waals surface area contributed by atoms with Crippen LogP contribution in [-0.2, 0) is 0 Å². The molecular weight excluding hydrogens is 168 g/mol. The average molecular weight is 184 g/mol. The minimum Gasteiger partial charge on any atom is -0.0648 e. The molecule has 0 N–H and O–H groups in total. The van der Waals surface area contributed by atoms with E-state index in [-0.39, 0.29) is 0 Å². The zero-order valence-corrected chi connectivity index (χ0v) is 8.83. The predicted octanol–water partition coefficient (Wildman–Crippen LogP) is 4.35. The van der Waals surface area contributed by atoms with Crippen molar-refractivity contribution in [1.82, 2.24) is 0 Å². The zero-order chi connectivity index (χ0) is 9.97. The quantitative estimate of drug-likeness (QED) is 0.650. The van der Waals surface area contributed by atoms with Gasteiger partial charge in [-0.25, -0.2) is 0 Å². The summed E-state index contributed by atoms with van der Waals surface area (Å²) in [5.41, 5.74) is 1.48. The summed E-state index contributed by atoms with van der Waals surface area (Å²) in [6, 6.07) is 15.2. The van der Waals surface area contributed by atoms with Gasteiger partial charge in [0.25, 0.3) is 0 Å². The number of rotatable bonds is 2. The molecule has 0 aromatic heterocycles. The van der Waals surface area contributed by atoms with Gasteiger partial charge in [0.05, 0.1) is 0 Å². The molecule has 0 spiro atoms. The van der Waals surface area contributed by atoms with Gasteiger partial charge in [-0.1, -0.05) is 56.3 Å². The second-order valence-electron chi connectivity index (χ2n) is 3.88. The third-order valence-electron chi connectivity index (χ3n) is 2.97. The summed E-state index contributed by atoms with van der Waals surface area (Å²) >= 11 is 0. The van der Waals surface area contributed by atoms with Crippen molar-refractivity contribution in [2.45, 2.75) is 26.2 Å². The lowest BCUT2D eigenvalue weighted by Crippen LogP contribution is -1.92. The molecule has 0 aliphatic heterocycles. The van der Waals surface area contributed by atoms with Gasteiger partial charge in [-0.2, -0.15) is 0 Å². The van der Waals surface area contributed by atoms with E-state index >= 15 is 0 Å². The lowest BCUT2D eigenvalue weighted by atomic mass is 9.93. The molecule has 0 bridgehead atoms. The van der Waals surface area contributed by atoms with Crippen LogP contribution < -0.4 is 0 Å². The van der Waals surface area contributed by atoms with Crippen LogP contribution in [0.4, 0.5) is 0 Å². The summed E-state index contributed by atoms with van der Waals surface area (Å²) in [6.45, 7) is 4.54. The highest BCUT2D eigenvalue weighted by Crippen LogP contribution is 2.26. The van der Waals surface area contributed by atoms with Crippen molar-refractivity contribution >= 4 is 10.8 Å². The van der Waals surface area contributed by atoms with Gasteiger partial charge in [0.1, 0.15) is 0 Å². The molecule has 1 atom stereocenters. The number of hydrogen-bond donors (Lipinski definition) is 0. The van der Waals surface area contributed by atoms with Gasteiger partial charge in [0.15, 0.2) is 0 Å². The van der Waals surface area contributed by atoms with Crippen LogP contribution in [0.25, 0.3) is 10.8 Å². The Labute approximate surface area is 85.6 Å². The number of benzene rings is 2. The molecule has 72 valence electrons. The van der Waals surface area contributed by atoms with Crippen LogP contribution in [0.1, 0.15) is 31.7 Å². The molecule has 2 aromatic carbocycles. The van der Waals surface area contributed by atoms with Gasteiger partial charge in [0.2, 0.25) is 0 Å². The van der Waals surface area contributed by atoms with E-state index in [1.807, 2.05) is 0 Å². The van der Waals surface area contributed by atoms with Gasteiger partial charge < -0.3 is 0 Å². The summed E-state index contributed by atoms with van der Waals surface area (Å²) in [6.07, 6.45) is 1.20. The van der Waals surface area contributed by atoms with E-state index in [1.165, 1.54) is 22.8 Å². The Morgan fingerprint density at radius 2 is 1.71 bits per heavy atom. The van der Waals surface area contributed by atoms with Crippen molar-refractivity contribution in [2.75, 3.05) is 0 Å². The summed E-state index contributed by atoms with van der Waals surface area (Å²) in [5.74, 6) is 0.654. The minimum absolute atomic E-state index is 0.654. The Bertz CT molecular complexity index is 423. The van der Waals surface area contributed by atoms with E-state index in [2.05, 4.69) is 56.3 Å². The SMILES string of the molecule is CC[C@@H](C)c1cccc2ccccc12. The summed E-state index contributed by atoms with van der Waals surface area (Å²) in [5, 5.41) is 2.76. The molecular formula is C14H16. The maximum absolute atomic E-state index is 2.29. The predicted molar refractivity (Wildman–Crippen MR) is 62.7 cm³/mol. The fourth-order valence-electron chi connectivity index (χ4n) is 1.90. The highest BCUT2D eigenvalue weighted by Gasteiger charge is 2.05. The molecule has 2 aromatic rings. The standard InChI is InChI=1S/C14H16/c1-3-11(2)13-10-6-8-12-7-4-5-9-14(12)13/h4-11H,3H2,1-2H3/t11-/m1/s1. The van der Waals surface area contributed by atoms with Crippen molar-refractivity contribution < 1.29 is 0 Å². The Kier molecular flexibility index (Phi) is 2.53. The molecule has 0 fully saturated rings. The molecule has 0 radical (unpaired) electrons. The summed E-state index contributed by atoms with van der Waals surface area (Å²) in [7, 11) is 0. The molecule has 0 amide bonds. The Morgan fingerprint density at radius 1 is 1.00 bits per heavy atom. The number of hydrogen-bond acceptors (Lipinski definition) is 0. The fourth-order valence-corrected chi connectivity index (χ4v) is 1.90. The molecule has 14 heavy (non-hydrogen) atoms. The topological polar surface area (TPSA) is 0 Å². The van der Waals surface area contributed by atoms with Gasteiger partial charge >= 0.3 is 0 Å². The molecule has 0 aliphatic rings. The third-order valence-corrected chi connectivity index (χ3v) is 2.97. The van der Waals surface area contributed by atoms with Gasteiger partial charge in [-0.05, 0) is 28.7 Å². The molecule has 2 rings (SSSR count). The van der Waals surface area contributed by atoms with Crippen molar-refractivity contribution in [1.29, 1.82) is 0 Å². The van der Waals surface area contributed by atoms with Crippen LogP contribution in [0, 0.1) is 0 Å². The third kappa shape index (κ3) is 1.52. The van der Waals surface area contributed by atoms with E-state index in [1.54, 1.807) is 0 Å². The molecule has 0 saturated carbocycles. The highest BCUT2D eigenvalue weighted by molar-refractivity contribution is 5.86. The van der Waals surface area contributed by atoms with Crippen LogP contribution in [0.2, 0.25) is 0 Å². The Balaban J connectivity index is 2.65. The second kappa shape index (κ2) is 3.83. The first kappa shape index (κ1) is 9.26. The second-order valence-corrected chi connectivity index (χ2v) is 3.88. The smallest absolute Gasteiger partial charge is 0.0149 e. The maximum Gasteiger partial charge on any atom is -0.0149 e. The van der Waals surface area contributed by atoms with E-state index in [9.17, 15) is 0 Å². The molecule has 0 heteroatoms. The van der Waals surface area contributed by atoms with E-state index in [4.69, 9.17) is 0 Å². The molecule has 0 nitrogen and oxygen atoms in total. The maximum atomic E-state index is 2.29. The first-order valence-electron chi connectivity index (χ1n) is 5.30. The average Bonchev–Trinajstić information content (AvgIpc) is 2.27. The van der Waals surface area contributed by atoms with Crippen molar-refractivity contribution in [3.8, 4) is 0 Å². The highest BCUT2D eigenvalue weighted by atomic mass is 14.1. The van der Waals surface area contributed by atoms with Crippen LogP contribution in [0.15, 0.2) is 42.5 Å². The molecule has 0 unspecified atom stereocenters. The van der Waals surface area contributed by atoms with Gasteiger partial charge in [0, 0.05) is 0 Å². The fraction of sp³-hybridized carbons (Fsp3) is 0.286. The minimum atomic E-state index is 0.654. The largest absolute Gasteiger partial charge is 0.0648 e. The molecule has 0 heterocycles. The zero-order valence-electron chi connectivity index (χ0n) is 8.83. The van der Waals surface area contributed by atoms with Crippen molar-refractivity contribution in [3.63, 3.8) is 0 Å². The van der Waals surface area contributed by atoms with Gasteiger partial charge in [-0.3, -0.25) is 0 Å². The van der Waals surface area contributed by atoms with Crippen LogP contribution in [-0.4, -0.2) is 0 Å². The molecule has 0 aliphatic carbocycles. The molecule has 0 saturated heterocycles. The lowest BCUT2D eigenvalue weighted by molar-refractivity contribution is 0.740. The van der Waals surface area contributed by atoms with Crippen molar-refractivity contribution in [3.05, 3.63) is 48.0 Å². The van der Waals surface area contributed by atoms with Crippen LogP contribution in [0.5, 0.6) is 0 Å². The van der Waals surface area contributed by atoms with Crippen LogP contribution in [0.3, 0.4) is 0 Å². The first-order chi connectivity index (χ1) is 6.83. The summed E-state index contributed by atoms with van der Waals surface area (Å²) in [4.78, 5) is 0. The van der Waals surface area contributed by atoms with Crippen molar-refractivity contribution in [2.24, 2.45) is 0 Å². The monoisotopic (exact) mass is 184 g/mol. The van der Waals surface area contributed by atoms with E-state index in [0.717, 1.165) is 0 Å². The Hall–Kier alpha value is -1.30. The normalized spacial score (nSPS) is 13.0. The van der Waals surface area contributed by atoms with Gasteiger partial charge in [-0.15, -0.1) is 0 Å². The number of fused-ring (bicyclic) bond motifs is 1. The lowest BCUT2D eigenvalue weighted by Gasteiger charge is -2.12. The van der Waals surface area contributed by atoms with Crippen LogP contribution >= 0.6 is 0 Å². The Morgan fingerprint density at radius 3 is 2.50 bits per heavy atom. The summed E-state index contributed by atoms with van der Waals surface area (Å²) < 4.78 is 0. The van der Waals surface area contributed by atoms with E-state index in [0.29, 0.717) is 5.92 Å².